The summed E-state index contributed by atoms with van der Waals surface area (Å²) in [5.74, 6) is 1.46. The molecule has 1 unspecified atom stereocenters. The van der Waals surface area contributed by atoms with Gasteiger partial charge in [0.1, 0.15) is 6.54 Å². The Bertz CT molecular complexity index is 739. The molecule has 5 heteroatoms. The molecule has 0 bridgehead atoms. The molecule has 0 aliphatic carbocycles. The predicted molar refractivity (Wildman–Crippen MR) is 104 cm³/mol. The number of carbonyl (C=O) groups excluding carboxylic acids is 1. The third-order valence-corrected chi connectivity index (χ3v) is 4.00. The van der Waals surface area contributed by atoms with Gasteiger partial charge in [-0.1, -0.05) is 6.07 Å². The van der Waals surface area contributed by atoms with E-state index in [4.69, 9.17) is 9.47 Å². The van der Waals surface area contributed by atoms with Crippen molar-refractivity contribution in [3.8, 4) is 11.5 Å². The number of benzene rings is 2. The molecule has 1 amide bonds. The monoisotopic (exact) mass is 357 g/mol. The summed E-state index contributed by atoms with van der Waals surface area (Å²) in [7, 11) is 3.64. The van der Waals surface area contributed by atoms with Crippen molar-refractivity contribution in [1.82, 2.24) is 0 Å². The Balaban J connectivity index is 1.95. The van der Waals surface area contributed by atoms with Crippen molar-refractivity contribution in [1.29, 1.82) is 0 Å². The van der Waals surface area contributed by atoms with E-state index in [0.29, 0.717) is 13.2 Å². The Morgan fingerprint density at radius 3 is 2.38 bits per heavy atom. The lowest BCUT2D eigenvalue weighted by molar-refractivity contribution is -0.885. The van der Waals surface area contributed by atoms with Gasteiger partial charge in [-0.05, 0) is 62.2 Å². The maximum Gasteiger partial charge on any atom is 0.279 e. The molecule has 2 rings (SSSR count). The number of hydrogen-bond acceptors (Lipinski definition) is 3. The first-order valence-corrected chi connectivity index (χ1v) is 8.90. The van der Waals surface area contributed by atoms with Crippen molar-refractivity contribution >= 4 is 11.6 Å². The van der Waals surface area contributed by atoms with Gasteiger partial charge in [-0.25, -0.2) is 0 Å². The van der Waals surface area contributed by atoms with Crippen molar-refractivity contribution < 1.29 is 19.2 Å². The van der Waals surface area contributed by atoms with Gasteiger partial charge in [-0.3, -0.25) is 4.79 Å². The highest BCUT2D eigenvalue weighted by Crippen LogP contribution is 2.27. The van der Waals surface area contributed by atoms with Crippen LogP contribution in [0.5, 0.6) is 11.5 Å². The van der Waals surface area contributed by atoms with E-state index >= 15 is 0 Å². The molecule has 2 N–H and O–H groups in total. The normalized spacial score (nSPS) is 11.7. The maximum atomic E-state index is 12.3. The largest absolute Gasteiger partial charge is 0.493 e. The second-order valence-corrected chi connectivity index (χ2v) is 6.65. The topological polar surface area (TPSA) is 52.0 Å². The van der Waals surface area contributed by atoms with Gasteiger partial charge in [0.05, 0.1) is 20.8 Å². The van der Waals surface area contributed by atoms with E-state index in [2.05, 4.69) is 11.4 Å². The summed E-state index contributed by atoms with van der Waals surface area (Å²) in [5, 5.41) is 2.98. The van der Waals surface area contributed by atoms with Crippen LogP contribution >= 0.6 is 0 Å². The van der Waals surface area contributed by atoms with Gasteiger partial charge < -0.3 is 19.7 Å². The molecule has 0 fully saturated rings. The van der Waals surface area contributed by atoms with E-state index in [9.17, 15) is 4.79 Å². The number of aryl methyl sites for hydroxylation is 2. The Labute approximate surface area is 155 Å². The molecule has 2 aromatic carbocycles. The second-order valence-electron chi connectivity index (χ2n) is 6.65. The van der Waals surface area contributed by atoms with Gasteiger partial charge in [0.25, 0.3) is 5.91 Å². The molecule has 140 valence electrons. The van der Waals surface area contributed by atoms with Crippen LogP contribution in [-0.4, -0.2) is 33.2 Å². The summed E-state index contributed by atoms with van der Waals surface area (Å²) in [4.78, 5) is 13.4. The minimum absolute atomic E-state index is 0.00500. The molecule has 0 aliphatic rings. The number of nitrogens with one attached hydrogen (secondary N) is 2. The van der Waals surface area contributed by atoms with Crippen molar-refractivity contribution in [2.24, 2.45) is 0 Å². The van der Waals surface area contributed by atoms with Gasteiger partial charge in [0.15, 0.2) is 18.0 Å². The number of carbonyl (C=O) groups is 1. The lowest BCUT2D eigenvalue weighted by Gasteiger charge is -2.16. The van der Waals surface area contributed by atoms with Gasteiger partial charge in [0.2, 0.25) is 0 Å². The smallest absolute Gasteiger partial charge is 0.279 e. The summed E-state index contributed by atoms with van der Waals surface area (Å²) in [6.45, 7) is 7.71. The van der Waals surface area contributed by atoms with Crippen molar-refractivity contribution in [2.45, 2.75) is 27.3 Å². The summed E-state index contributed by atoms with van der Waals surface area (Å²) in [6, 6.07) is 12.0. The minimum atomic E-state index is 0.00500. The van der Waals surface area contributed by atoms with Gasteiger partial charge in [-0.15, -0.1) is 0 Å². The molecule has 5 nitrogen and oxygen atoms in total. The van der Waals surface area contributed by atoms with Gasteiger partial charge in [-0.2, -0.15) is 0 Å². The molecule has 0 saturated carbocycles. The highest BCUT2D eigenvalue weighted by molar-refractivity contribution is 5.91. The molecule has 0 aromatic heterocycles. The highest BCUT2D eigenvalue weighted by Gasteiger charge is 2.13. The molecule has 1 atom stereocenters. The van der Waals surface area contributed by atoms with E-state index in [1.165, 1.54) is 0 Å². The molecule has 0 spiro atoms. The zero-order valence-electron chi connectivity index (χ0n) is 16.3. The molecule has 0 radical (unpaired) electrons. The molecular weight excluding hydrogens is 328 g/mol. The van der Waals surface area contributed by atoms with Crippen LogP contribution in [0.1, 0.15) is 23.6 Å². The quantitative estimate of drug-likeness (QED) is 0.763. The fraction of sp³-hybridized carbons (Fsp3) is 0.381. The molecule has 0 aliphatic heterocycles. The third kappa shape index (κ3) is 5.77. The van der Waals surface area contributed by atoms with Crippen LogP contribution in [-0.2, 0) is 11.3 Å². The van der Waals surface area contributed by atoms with E-state index in [1.54, 1.807) is 7.11 Å². The minimum Gasteiger partial charge on any atom is -0.493 e. The summed E-state index contributed by atoms with van der Waals surface area (Å²) in [6.07, 6.45) is 0. The number of likely N-dealkylation sites (N-methyl/N-ethyl adjacent to an activating group) is 1. The van der Waals surface area contributed by atoms with Crippen LogP contribution in [0.25, 0.3) is 0 Å². The fourth-order valence-electron chi connectivity index (χ4n) is 3.03. The van der Waals surface area contributed by atoms with Crippen LogP contribution in [0.3, 0.4) is 0 Å². The van der Waals surface area contributed by atoms with E-state index in [-0.39, 0.29) is 5.91 Å². The van der Waals surface area contributed by atoms with E-state index in [1.807, 2.05) is 58.2 Å². The Morgan fingerprint density at radius 2 is 1.77 bits per heavy atom. The number of quaternary nitrogens is 1. The lowest BCUT2D eigenvalue weighted by atomic mass is 10.1. The number of amides is 1. The van der Waals surface area contributed by atoms with Crippen LogP contribution in [0, 0.1) is 13.8 Å². The molecule has 2 aromatic rings. The molecule has 26 heavy (non-hydrogen) atoms. The summed E-state index contributed by atoms with van der Waals surface area (Å²) < 4.78 is 10.9. The number of anilines is 1. The van der Waals surface area contributed by atoms with Gasteiger partial charge >= 0.3 is 0 Å². The van der Waals surface area contributed by atoms with Crippen LogP contribution in [0.4, 0.5) is 5.69 Å². The van der Waals surface area contributed by atoms with E-state index in [0.717, 1.165) is 45.3 Å². The first kappa shape index (κ1) is 19.8. The Kier molecular flexibility index (Phi) is 7.04. The Hall–Kier alpha value is -2.53. The summed E-state index contributed by atoms with van der Waals surface area (Å²) in [5.41, 5.74) is 4.23. The maximum absolute atomic E-state index is 12.3. The number of methoxy groups -OCH3 is 1. The second kappa shape index (κ2) is 9.25. The molecule has 0 heterocycles. The Morgan fingerprint density at radius 1 is 1.08 bits per heavy atom. The van der Waals surface area contributed by atoms with Crippen LogP contribution < -0.4 is 19.7 Å². The highest BCUT2D eigenvalue weighted by atomic mass is 16.5. The number of ether oxygens (including phenoxy) is 2. The van der Waals surface area contributed by atoms with Gasteiger partial charge in [0, 0.05) is 11.3 Å². The van der Waals surface area contributed by atoms with Crippen molar-refractivity contribution in [2.75, 3.05) is 32.6 Å². The first-order valence-electron chi connectivity index (χ1n) is 8.90. The fourth-order valence-corrected chi connectivity index (χ4v) is 3.03. The predicted octanol–water partition coefficient (Wildman–Crippen LogP) is 2.36. The van der Waals surface area contributed by atoms with Crippen LogP contribution in [0.2, 0.25) is 0 Å². The third-order valence-electron chi connectivity index (χ3n) is 4.00. The zero-order valence-corrected chi connectivity index (χ0v) is 16.3. The molecule has 0 saturated heterocycles. The average Bonchev–Trinajstić information content (AvgIpc) is 2.55. The van der Waals surface area contributed by atoms with Crippen molar-refractivity contribution in [3.05, 3.63) is 53.1 Å². The standard InChI is InChI=1S/C21H28N2O3/c1-6-26-19-8-7-17(12-20(19)25-5)13-23(4)14-21(24)22-18-10-15(2)9-16(3)11-18/h7-12H,6,13-14H2,1-5H3,(H,22,24)/p+1. The van der Waals surface area contributed by atoms with E-state index < -0.39 is 0 Å². The zero-order chi connectivity index (χ0) is 19.1. The number of hydrogen-bond donors (Lipinski definition) is 2. The number of rotatable bonds is 8. The van der Waals surface area contributed by atoms with Crippen LogP contribution in [0.15, 0.2) is 36.4 Å². The summed E-state index contributed by atoms with van der Waals surface area (Å²) >= 11 is 0. The SMILES string of the molecule is CCOc1ccc(C[NH+](C)CC(=O)Nc2cc(C)cc(C)c2)cc1OC. The average molecular weight is 357 g/mol. The lowest BCUT2D eigenvalue weighted by Crippen LogP contribution is -3.08. The first-order chi connectivity index (χ1) is 12.4. The van der Waals surface area contributed by atoms with Crippen molar-refractivity contribution in [3.63, 3.8) is 0 Å². The molecular formula is C21H29N2O3+.